The van der Waals surface area contributed by atoms with E-state index in [0.29, 0.717) is 17.2 Å². The molecular weight excluding hydrogens is 336 g/mol. The van der Waals surface area contributed by atoms with Gasteiger partial charge in [-0.1, -0.05) is 6.07 Å². The molecule has 0 bridgehead atoms. The lowest BCUT2D eigenvalue weighted by molar-refractivity contribution is -0.112. The Morgan fingerprint density at radius 2 is 1.88 bits per heavy atom. The molecule has 25 heavy (non-hydrogen) atoms. The number of hydrogen-bond donors (Lipinski definition) is 1. The zero-order valence-electron chi connectivity index (χ0n) is 14.2. The van der Waals surface area contributed by atoms with Crippen molar-refractivity contribution in [3.05, 3.63) is 53.6 Å². The molecular formula is C19H18N2O3S. The first-order valence-corrected chi connectivity index (χ1v) is 8.63. The number of amides is 1. The summed E-state index contributed by atoms with van der Waals surface area (Å²) in [7, 11) is 3.16. The van der Waals surface area contributed by atoms with Gasteiger partial charge in [0.2, 0.25) is 0 Å². The quantitative estimate of drug-likeness (QED) is 0.483. The lowest BCUT2D eigenvalue weighted by Crippen LogP contribution is -2.13. The summed E-state index contributed by atoms with van der Waals surface area (Å²) in [6.45, 7) is 0. The van der Waals surface area contributed by atoms with Gasteiger partial charge in [-0.2, -0.15) is 5.26 Å². The predicted molar refractivity (Wildman–Crippen MR) is 100.0 cm³/mol. The van der Waals surface area contributed by atoms with Gasteiger partial charge < -0.3 is 14.8 Å². The molecule has 0 heterocycles. The van der Waals surface area contributed by atoms with Crippen LogP contribution in [0.1, 0.15) is 5.56 Å². The zero-order valence-corrected chi connectivity index (χ0v) is 15.0. The van der Waals surface area contributed by atoms with Gasteiger partial charge in [-0.15, -0.1) is 11.8 Å². The molecule has 0 fully saturated rings. The Balaban J connectivity index is 2.21. The molecule has 0 aliphatic carbocycles. The Labute approximate surface area is 151 Å². The Hall–Kier alpha value is -2.91. The number of carbonyl (C=O) groups excluding carboxylic acids is 1. The van der Waals surface area contributed by atoms with Crippen LogP contribution in [0.2, 0.25) is 0 Å². The molecule has 128 valence electrons. The molecule has 0 saturated carbocycles. The molecule has 2 aromatic carbocycles. The van der Waals surface area contributed by atoms with Gasteiger partial charge >= 0.3 is 0 Å². The lowest BCUT2D eigenvalue weighted by Gasteiger charge is -2.08. The van der Waals surface area contributed by atoms with Gasteiger partial charge in [0.1, 0.15) is 23.1 Å². The van der Waals surface area contributed by atoms with Crippen LogP contribution in [0.5, 0.6) is 11.5 Å². The molecule has 0 aliphatic rings. The smallest absolute Gasteiger partial charge is 0.266 e. The number of benzene rings is 2. The maximum Gasteiger partial charge on any atom is 0.266 e. The van der Waals surface area contributed by atoms with Crippen molar-refractivity contribution in [1.82, 2.24) is 0 Å². The second-order valence-corrected chi connectivity index (χ2v) is 5.81. The van der Waals surface area contributed by atoms with Crippen molar-refractivity contribution in [2.75, 3.05) is 25.8 Å². The molecule has 5 nitrogen and oxygen atoms in total. The molecule has 2 aromatic rings. The Morgan fingerprint density at radius 3 is 2.44 bits per heavy atom. The molecule has 6 heteroatoms. The van der Waals surface area contributed by atoms with E-state index >= 15 is 0 Å². The molecule has 1 N–H and O–H groups in total. The minimum absolute atomic E-state index is 0.00905. The second-order valence-electron chi connectivity index (χ2n) is 4.97. The third-order valence-corrected chi connectivity index (χ3v) is 4.21. The molecule has 0 aliphatic heterocycles. The van der Waals surface area contributed by atoms with E-state index in [4.69, 9.17) is 9.47 Å². The van der Waals surface area contributed by atoms with Crippen LogP contribution in [0, 0.1) is 11.3 Å². The molecule has 0 unspecified atom stereocenters. The number of anilines is 1. The van der Waals surface area contributed by atoms with Gasteiger partial charge in [0.15, 0.2) is 0 Å². The standard InChI is InChI=1S/C19H18N2O3S/c1-23-16-7-5-15(6-8-16)21-19(22)14(12-20)10-13-4-9-18(25-3)17(11-13)24-2/h4-11H,1-3H3,(H,21,22)/b14-10-. The van der Waals surface area contributed by atoms with Crippen LogP contribution in [-0.2, 0) is 4.79 Å². The number of hydrogen-bond acceptors (Lipinski definition) is 5. The monoisotopic (exact) mass is 354 g/mol. The minimum atomic E-state index is -0.472. The molecule has 0 radical (unpaired) electrons. The van der Waals surface area contributed by atoms with E-state index in [1.807, 2.05) is 24.5 Å². The van der Waals surface area contributed by atoms with E-state index in [2.05, 4.69) is 5.32 Å². The first-order chi connectivity index (χ1) is 12.1. The number of nitrogens with one attached hydrogen (secondary N) is 1. The third-order valence-electron chi connectivity index (χ3n) is 3.43. The lowest BCUT2D eigenvalue weighted by atomic mass is 10.1. The summed E-state index contributed by atoms with van der Waals surface area (Å²) in [5.41, 5.74) is 1.31. The highest BCUT2D eigenvalue weighted by atomic mass is 32.2. The largest absolute Gasteiger partial charge is 0.497 e. The highest BCUT2D eigenvalue weighted by Gasteiger charge is 2.11. The average molecular weight is 354 g/mol. The molecule has 0 aromatic heterocycles. The summed E-state index contributed by atoms with van der Waals surface area (Å²) in [5, 5.41) is 12.0. The Kier molecular flexibility index (Phi) is 6.49. The Bertz CT molecular complexity index is 824. The van der Waals surface area contributed by atoms with Crippen molar-refractivity contribution in [1.29, 1.82) is 5.26 Å². The summed E-state index contributed by atoms with van der Waals surface area (Å²) in [6.07, 6.45) is 3.49. The summed E-state index contributed by atoms with van der Waals surface area (Å²) < 4.78 is 10.4. The van der Waals surface area contributed by atoms with E-state index < -0.39 is 5.91 Å². The van der Waals surface area contributed by atoms with Crippen molar-refractivity contribution in [2.24, 2.45) is 0 Å². The molecule has 0 spiro atoms. The number of nitrogens with zero attached hydrogens (tertiary/aromatic N) is 1. The topological polar surface area (TPSA) is 71.3 Å². The molecule has 2 rings (SSSR count). The summed E-state index contributed by atoms with van der Waals surface area (Å²) in [6, 6.07) is 14.4. The number of rotatable bonds is 6. The van der Waals surface area contributed by atoms with E-state index in [-0.39, 0.29) is 5.57 Å². The highest BCUT2D eigenvalue weighted by Crippen LogP contribution is 2.29. The van der Waals surface area contributed by atoms with Crippen molar-refractivity contribution in [3.63, 3.8) is 0 Å². The van der Waals surface area contributed by atoms with Crippen LogP contribution in [0.15, 0.2) is 52.9 Å². The van der Waals surface area contributed by atoms with Crippen molar-refractivity contribution in [3.8, 4) is 17.6 Å². The van der Waals surface area contributed by atoms with Crippen LogP contribution in [0.3, 0.4) is 0 Å². The number of ether oxygens (including phenoxy) is 2. The summed E-state index contributed by atoms with van der Waals surface area (Å²) >= 11 is 1.56. The van der Waals surface area contributed by atoms with Gasteiger partial charge in [0, 0.05) is 10.6 Å². The van der Waals surface area contributed by atoms with E-state index in [9.17, 15) is 10.1 Å². The fraction of sp³-hybridized carbons (Fsp3) is 0.158. The fourth-order valence-corrected chi connectivity index (χ4v) is 2.68. The first kappa shape index (κ1) is 18.4. The maximum absolute atomic E-state index is 12.3. The average Bonchev–Trinajstić information content (AvgIpc) is 2.66. The van der Waals surface area contributed by atoms with Gasteiger partial charge in [-0.05, 0) is 54.3 Å². The zero-order chi connectivity index (χ0) is 18.2. The fourth-order valence-electron chi connectivity index (χ4n) is 2.13. The van der Waals surface area contributed by atoms with Crippen molar-refractivity contribution < 1.29 is 14.3 Å². The van der Waals surface area contributed by atoms with Gasteiger partial charge in [0.25, 0.3) is 5.91 Å². The molecule has 0 atom stereocenters. The summed E-state index contributed by atoms with van der Waals surface area (Å²) in [4.78, 5) is 13.3. The Morgan fingerprint density at radius 1 is 1.16 bits per heavy atom. The maximum atomic E-state index is 12.3. The third kappa shape index (κ3) is 4.78. The van der Waals surface area contributed by atoms with Gasteiger partial charge in [0.05, 0.1) is 14.2 Å². The van der Waals surface area contributed by atoms with Crippen LogP contribution < -0.4 is 14.8 Å². The van der Waals surface area contributed by atoms with Gasteiger partial charge in [-0.25, -0.2) is 0 Å². The van der Waals surface area contributed by atoms with Crippen LogP contribution in [0.25, 0.3) is 6.08 Å². The summed E-state index contributed by atoms with van der Waals surface area (Å²) in [5.74, 6) is 0.921. The van der Waals surface area contributed by atoms with Crippen molar-refractivity contribution >= 4 is 29.4 Å². The number of thioether (sulfide) groups is 1. The number of methoxy groups -OCH3 is 2. The predicted octanol–water partition coefficient (Wildman–Crippen LogP) is 3.97. The van der Waals surface area contributed by atoms with Crippen LogP contribution >= 0.6 is 11.8 Å². The van der Waals surface area contributed by atoms with Crippen LogP contribution in [-0.4, -0.2) is 26.4 Å². The van der Waals surface area contributed by atoms with Crippen LogP contribution in [0.4, 0.5) is 5.69 Å². The normalized spacial score (nSPS) is 10.7. The molecule has 0 saturated heterocycles. The SMILES string of the molecule is COc1ccc(NC(=O)/C(C#N)=C\c2ccc(SC)c(OC)c2)cc1. The molecule has 1 amide bonds. The highest BCUT2D eigenvalue weighted by molar-refractivity contribution is 7.98. The van der Waals surface area contributed by atoms with E-state index in [0.717, 1.165) is 10.5 Å². The number of nitriles is 1. The first-order valence-electron chi connectivity index (χ1n) is 7.40. The minimum Gasteiger partial charge on any atom is -0.497 e. The van der Waals surface area contributed by atoms with Crippen molar-refractivity contribution in [2.45, 2.75) is 4.90 Å². The van der Waals surface area contributed by atoms with Gasteiger partial charge in [-0.3, -0.25) is 4.79 Å². The van der Waals surface area contributed by atoms with E-state index in [1.165, 1.54) is 6.08 Å². The van der Waals surface area contributed by atoms with E-state index in [1.54, 1.807) is 56.3 Å². The number of carbonyl (C=O) groups is 1. The second kappa shape index (κ2) is 8.81.